The third-order valence-electron chi connectivity index (χ3n) is 4.53. The highest BCUT2D eigenvalue weighted by Crippen LogP contribution is 2.25. The molecular weight excluding hydrogens is 294 g/mol. The van der Waals surface area contributed by atoms with Crippen LogP contribution in [-0.2, 0) is 6.42 Å². The van der Waals surface area contributed by atoms with Crippen molar-refractivity contribution in [2.24, 2.45) is 5.41 Å². The molecule has 0 saturated carbocycles. The first-order valence-electron chi connectivity index (χ1n) is 9.99. The van der Waals surface area contributed by atoms with Crippen molar-refractivity contribution in [3.8, 4) is 0 Å². The maximum atomic E-state index is 4.91. The van der Waals surface area contributed by atoms with Crippen LogP contribution in [0.4, 0.5) is 5.82 Å². The van der Waals surface area contributed by atoms with Gasteiger partial charge in [0.25, 0.3) is 0 Å². The van der Waals surface area contributed by atoms with Crippen LogP contribution in [-0.4, -0.2) is 22.6 Å². The van der Waals surface area contributed by atoms with E-state index in [2.05, 4.69) is 57.5 Å². The maximum absolute atomic E-state index is 4.91. The summed E-state index contributed by atoms with van der Waals surface area (Å²) in [7, 11) is 0. The van der Waals surface area contributed by atoms with Crippen LogP contribution in [0.1, 0.15) is 92.3 Å². The zero-order chi connectivity index (χ0) is 18.0. The predicted molar refractivity (Wildman–Crippen MR) is 106 cm³/mol. The van der Waals surface area contributed by atoms with Crippen LogP contribution in [0.15, 0.2) is 12.3 Å². The van der Waals surface area contributed by atoms with Crippen LogP contribution in [0.3, 0.4) is 0 Å². The summed E-state index contributed by atoms with van der Waals surface area (Å²) < 4.78 is 0. The molecule has 0 aliphatic heterocycles. The van der Waals surface area contributed by atoms with Gasteiger partial charge in [-0.15, -0.1) is 0 Å². The second kappa shape index (κ2) is 10.7. The first-order valence-corrected chi connectivity index (χ1v) is 9.99. The highest BCUT2D eigenvalue weighted by molar-refractivity contribution is 5.39. The van der Waals surface area contributed by atoms with Crippen molar-refractivity contribution in [3.05, 3.63) is 18.1 Å². The molecular formula is C21H39N3. The first kappa shape index (κ1) is 20.9. The highest BCUT2D eigenvalue weighted by atomic mass is 15.2. The molecule has 0 bridgehead atoms. The third kappa shape index (κ3) is 7.63. The van der Waals surface area contributed by atoms with Gasteiger partial charge in [0.15, 0.2) is 0 Å². The molecule has 0 atom stereocenters. The first-order chi connectivity index (χ1) is 11.4. The molecule has 0 aliphatic carbocycles. The Morgan fingerprint density at radius 3 is 2.25 bits per heavy atom. The van der Waals surface area contributed by atoms with E-state index in [1.165, 1.54) is 44.9 Å². The lowest BCUT2D eigenvalue weighted by Crippen LogP contribution is -2.38. The fourth-order valence-corrected chi connectivity index (χ4v) is 3.07. The fourth-order valence-electron chi connectivity index (χ4n) is 3.07. The lowest BCUT2D eigenvalue weighted by atomic mass is 9.91. The predicted octanol–water partition coefficient (Wildman–Crippen LogP) is 6.03. The Hall–Kier alpha value is -1.12. The number of anilines is 1. The van der Waals surface area contributed by atoms with Crippen LogP contribution >= 0.6 is 0 Å². The Bertz CT molecular complexity index is 445. The van der Waals surface area contributed by atoms with Crippen LogP contribution in [0, 0.1) is 5.41 Å². The van der Waals surface area contributed by atoms with Gasteiger partial charge in [0, 0.05) is 25.2 Å². The molecule has 3 heteroatoms. The lowest BCUT2D eigenvalue weighted by molar-refractivity contribution is 0.364. The third-order valence-corrected chi connectivity index (χ3v) is 4.53. The monoisotopic (exact) mass is 333 g/mol. The molecule has 1 rings (SSSR count). The molecule has 0 radical (unpaired) electrons. The van der Waals surface area contributed by atoms with Crippen molar-refractivity contribution >= 4 is 5.82 Å². The summed E-state index contributed by atoms with van der Waals surface area (Å²) in [6, 6.07) is 2.70. The van der Waals surface area contributed by atoms with Crippen LogP contribution in [0.25, 0.3) is 0 Å². The van der Waals surface area contributed by atoms with Gasteiger partial charge < -0.3 is 4.90 Å². The number of nitrogens with zero attached hydrogens (tertiary/aromatic N) is 3. The van der Waals surface area contributed by atoms with Crippen molar-refractivity contribution in [3.63, 3.8) is 0 Å². The largest absolute Gasteiger partial charge is 0.354 e. The summed E-state index contributed by atoms with van der Waals surface area (Å²) in [6.07, 6.45) is 11.4. The highest BCUT2D eigenvalue weighted by Gasteiger charge is 2.21. The summed E-state index contributed by atoms with van der Waals surface area (Å²) in [5.41, 5.74) is 0.347. The topological polar surface area (TPSA) is 29.0 Å². The van der Waals surface area contributed by atoms with Gasteiger partial charge in [-0.25, -0.2) is 9.97 Å². The molecule has 138 valence electrons. The molecule has 0 saturated heterocycles. The van der Waals surface area contributed by atoms with Crippen molar-refractivity contribution in [2.45, 2.75) is 99.0 Å². The number of aryl methyl sites for hydroxylation is 1. The maximum Gasteiger partial charge on any atom is 0.132 e. The fraction of sp³-hybridized carbons (Fsp3) is 0.810. The van der Waals surface area contributed by atoms with E-state index in [0.29, 0.717) is 11.5 Å². The Balaban J connectivity index is 3.01. The molecule has 1 heterocycles. The second-order valence-corrected chi connectivity index (χ2v) is 8.17. The molecule has 1 aromatic rings. The van der Waals surface area contributed by atoms with Gasteiger partial charge in [0.1, 0.15) is 11.6 Å². The average Bonchev–Trinajstić information content (AvgIpc) is 2.53. The Labute approximate surface area is 150 Å². The zero-order valence-electron chi connectivity index (χ0n) is 16.9. The van der Waals surface area contributed by atoms with Crippen LogP contribution < -0.4 is 4.90 Å². The van der Waals surface area contributed by atoms with Gasteiger partial charge in [0.05, 0.1) is 0 Å². The Morgan fingerprint density at radius 1 is 1.04 bits per heavy atom. The number of rotatable bonds is 11. The minimum absolute atomic E-state index is 0.347. The van der Waals surface area contributed by atoms with Crippen molar-refractivity contribution in [1.29, 1.82) is 0 Å². The second-order valence-electron chi connectivity index (χ2n) is 8.17. The standard InChI is InChI=1S/C21H39N3/c1-7-10-13-19-22-16-14-20(23-19)24(17-15-21(4,5)6)18(11-8-2)12-9-3/h14,16,18H,7-13,15,17H2,1-6H3. The van der Waals surface area contributed by atoms with Gasteiger partial charge in [0.2, 0.25) is 0 Å². The quantitative estimate of drug-likeness (QED) is 0.495. The van der Waals surface area contributed by atoms with E-state index in [0.717, 1.165) is 24.6 Å². The zero-order valence-corrected chi connectivity index (χ0v) is 16.9. The van der Waals surface area contributed by atoms with E-state index in [1.807, 2.05) is 6.20 Å². The van der Waals surface area contributed by atoms with Gasteiger partial charge >= 0.3 is 0 Å². The van der Waals surface area contributed by atoms with E-state index in [9.17, 15) is 0 Å². The molecule has 0 N–H and O–H groups in total. The molecule has 0 fully saturated rings. The van der Waals surface area contributed by atoms with Crippen molar-refractivity contribution < 1.29 is 0 Å². The minimum atomic E-state index is 0.347. The lowest BCUT2D eigenvalue weighted by Gasteiger charge is -2.35. The molecule has 0 spiro atoms. The molecule has 0 unspecified atom stereocenters. The molecule has 0 aliphatic rings. The molecule has 24 heavy (non-hydrogen) atoms. The summed E-state index contributed by atoms with van der Waals surface area (Å²) >= 11 is 0. The van der Waals surface area contributed by atoms with Crippen molar-refractivity contribution in [2.75, 3.05) is 11.4 Å². The molecule has 1 aromatic heterocycles. The Morgan fingerprint density at radius 2 is 1.71 bits per heavy atom. The van der Waals surface area contributed by atoms with Crippen LogP contribution in [0.2, 0.25) is 0 Å². The van der Waals surface area contributed by atoms with E-state index < -0.39 is 0 Å². The SMILES string of the molecule is CCCCc1nccc(N(CCC(C)(C)C)C(CCC)CCC)n1. The van der Waals surface area contributed by atoms with Crippen molar-refractivity contribution in [1.82, 2.24) is 9.97 Å². The smallest absolute Gasteiger partial charge is 0.132 e. The van der Waals surface area contributed by atoms with Gasteiger partial charge in [-0.05, 0) is 37.2 Å². The van der Waals surface area contributed by atoms with E-state index in [4.69, 9.17) is 4.98 Å². The summed E-state index contributed by atoms with van der Waals surface area (Å²) in [6.45, 7) is 14.9. The number of aromatic nitrogens is 2. The summed E-state index contributed by atoms with van der Waals surface area (Å²) in [4.78, 5) is 12.0. The Kier molecular flexibility index (Phi) is 9.31. The van der Waals surface area contributed by atoms with E-state index in [1.54, 1.807) is 0 Å². The molecule has 0 aromatic carbocycles. The van der Waals surface area contributed by atoms with Crippen LogP contribution in [0.5, 0.6) is 0 Å². The summed E-state index contributed by atoms with van der Waals surface area (Å²) in [5.74, 6) is 2.13. The minimum Gasteiger partial charge on any atom is -0.354 e. The average molecular weight is 334 g/mol. The summed E-state index contributed by atoms with van der Waals surface area (Å²) in [5, 5.41) is 0. The molecule has 0 amide bonds. The van der Waals surface area contributed by atoms with Gasteiger partial charge in [-0.2, -0.15) is 0 Å². The van der Waals surface area contributed by atoms with Gasteiger partial charge in [-0.1, -0.05) is 60.8 Å². The van der Waals surface area contributed by atoms with E-state index >= 15 is 0 Å². The number of hydrogen-bond donors (Lipinski definition) is 0. The van der Waals surface area contributed by atoms with E-state index in [-0.39, 0.29) is 0 Å². The number of hydrogen-bond acceptors (Lipinski definition) is 3. The normalized spacial score (nSPS) is 12.0. The van der Waals surface area contributed by atoms with Gasteiger partial charge in [-0.3, -0.25) is 0 Å². The number of unbranched alkanes of at least 4 members (excludes halogenated alkanes) is 1. The molecule has 3 nitrogen and oxygen atoms in total.